The largest absolute Gasteiger partial charge is 0.361 e. The number of fused-ring (bicyclic) bond motifs is 3. The zero-order valence-electron chi connectivity index (χ0n) is 63.7. The molecule has 0 unspecified atom stereocenters. The fraction of sp³-hybridized carbons (Fsp3) is 0. The molecular weight excluding hydrogens is 1620 g/mol. The third-order valence-electron chi connectivity index (χ3n) is 18.6. The zero-order valence-corrected chi connectivity index (χ0v) is 69.6. The fourth-order valence-electron chi connectivity index (χ4n) is 13.3. The molecule has 20 aromatic rings. The number of hydrogen-bond acceptors (Lipinski definition) is 6. The van der Waals surface area contributed by atoms with Crippen LogP contribution in [0, 0.1) is 0 Å². The molecule has 9 nitrogen and oxygen atoms in total. The standard InChI is InChI=1S/C19H13N5.4C18H15P.C11H7ClN4.Pd/c1-2-15(14-5-4-13-6-7-21-17(13)10-14)23-16(3-1)18-11-22-19-12-20-8-9-24(18)19;4*1-4-10-16(11-5-1)19(17-12-6-2-7-13-17)18-14-8-3-9-15-18;12-10-3-1-2-8(15-10)9-6-14-11-7-13-4-5-16(9)11;/h1-12,21H;4*1-15H;1-7H;. The van der Waals surface area contributed by atoms with Gasteiger partial charge in [-0.3, -0.25) is 18.8 Å². The molecule has 15 heteroatoms. The summed E-state index contributed by atoms with van der Waals surface area (Å²) >= 11 is 5.86. The summed E-state index contributed by atoms with van der Waals surface area (Å²) in [5, 5.41) is 18.4. The van der Waals surface area contributed by atoms with Crippen LogP contribution in [-0.2, 0) is 20.4 Å². The van der Waals surface area contributed by atoms with Crippen LogP contribution in [0.15, 0.2) is 480 Å². The van der Waals surface area contributed by atoms with Crippen LogP contribution in [0.25, 0.3) is 56.2 Å². The Hall–Kier alpha value is -12.4. The van der Waals surface area contributed by atoms with Gasteiger partial charge in [0.1, 0.15) is 5.15 Å². The van der Waals surface area contributed by atoms with Gasteiger partial charge in [0.25, 0.3) is 0 Å². The van der Waals surface area contributed by atoms with E-state index in [4.69, 9.17) is 16.6 Å². The smallest absolute Gasteiger partial charge is 0.155 e. The molecule has 7 heterocycles. The normalized spacial score (nSPS) is 10.7. The molecule has 7 aromatic heterocycles. The van der Waals surface area contributed by atoms with Crippen LogP contribution in [0.3, 0.4) is 0 Å². The number of benzene rings is 13. The molecule has 1 N–H and O–H groups in total. The van der Waals surface area contributed by atoms with Crippen LogP contribution in [0.2, 0.25) is 5.15 Å². The Labute approximate surface area is 707 Å². The van der Waals surface area contributed by atoms with Gasteiger partial charge in [0.15, 0.2) is 11.3 Å². The molecule has 0 saturated heterocycles. The van der Waals surface area contributed by atoms with E-state index in [1.54, 1.807) is 37.1 Å². The molecule has 13 aromatic carbocycles. The van der Waals surface area contributed by atoms with E-state index < -0.39 is 31.7 Å². The number of hydrogen-bond donors (Lipinski definition) is 1. The predicted molar refractivity (Wildman–Crippen MR) is 495 cm³/mol. The number of nitrogens with zero attached hydrogens (tertiary/aromatic N) is 8. The maximum atomic E-state index is 5.86. The Kier molecular flexibility index (Phi) is 29.3. The van der Waals surface area contributed by atoms with Gasteiger partial charge in [0, 0.05) is 62.5 Å². The first-order valence-electron chi connectivity index (χ1n) is 38.1. The second-order valence-corrected chi connectivity index (χ2v) is 35.6. The van der Waals surface area contributed by atoms with Gasteiger partial charge in [0.2, 0.25) is 0 Å². The molecule has 0 amide bonds. The van der Waals surface area contributed by atoms with Gasteiger partial charge >= 0.3 is 0 Å². The second-order valence-electron chi connectivity index (χ2n) is 26.3. The van der Waals surface area contributed by atoms with E-state index in [0.29, 0.717) is 5.15 Å². The fourth-order valence-corrected chi connectivity index (χ4v) is 22.7. The number of H-pyrrole nitrogens is 1. The molecule has 0 radical (unpaired) electrons. The van der Waals surface area contributed by atoms with Crippen LogP contribution in [0.4, 0.5) is 0 Å². The van der Waals surface area contributed by atoms with Crippen molar-refractivity contribution < 1.29 is 20.4 Å². The number of aromatic amines is 1. The molecule has 0 bridgehead atoms. The Bertz CT molecular complexity index is 5450. The van der Waals surface area contributed by atoms with Crippen molar-refractivity contribution in [3.63, 3.8) is 0 Å². The third kappa shape index (κ3) is 21.6. The van der Waals surface area contributed by atoms with Crippen molar-refractivity contribution in [1.82, 2.24) is 43.7 Å². The van der Waals surface area contributed by atoms with E-state index in [-0.39, 0.29) is 20.4 Å². The van der Waals surface area contributed by atoms with Crippen LogP contribution in [-0.4, -0.2) is 43.7 Å². The SMILES string of the molecule is Clc1cccc(-c2cnc3cnccn23)n1.[Pd].c1cc(-c2ccc3cc[nH]c3c2)nc(-c2cnc3cnccn23)c1.c1ccc(P(c2ccccc2)c2ccccc2)cc1.c1ccc(P(c2ccccc2)c2ccccc2)cc1.c1ccc(P(c2ccccc2)c2ccccc2)cc1.c1ccc(P(c2ccccc2)c2ccccc2)cc1. The summed E-state index contributed by atoms with van der Waals surface area (Å²) in [6, 6.07) is 149. The zero-order chi connectivity index (χ0) is 78.6. The quantitative estimate of drug-likeness (QED) is 0.0623. The molecule has 0 aliphatic carbocycles. The van der Waals surface area contributed by atoms with E-state index in [0.717, 1.165) is 50.8 Å². The summed E-state index contributed by atoms with van der Waals surface area (Å²) in [7, 11) is -1.78. The van der Waals surface area contributed by atoms with Gasteiger partial charge in [-0.2, -0.15) is 0 Å². The average Bonchev–Trinajstić information content (AvgIpc) is 1.63. The van der Waals surface area contributed by atoms with E-state index in [2.05, 4.69) is 418 Å². The Morgan fingerprint density at radius 3 is 0.803 bits per heavy atom. The molecule has 20 rings (SSSR count). The van der Waals surface area contributed by atoms with E-state index >= 15 is 0 Å². The number of nitrogens with one attached hydrogen (secondary N) is 1. The number of halogens is 1. The number of pyridine rings is 2. The van der Waals surface area contributed by atoms with Gasteiger partial charge < -0.3 is 4.98 Å². The molecule has 0 aliphatic rings. The first-order chi connectivity index (χ1) is 57.5. The van der Waals surface area contributed by atoms with E-state index in [9.17, 15) is 0 Å². The Morgan fingerprint density at radius 1 is 0.256 bits per heavy atom. The maximum Gasteiger partial charge on any atom is 0.155 e. The summed E-state index contributed by atoms with van der Waals surface area (Å²) in [6.45, 7) is 0. The van der Waals surface area contributed by atoms with Crippen LogP contribution >= 0.6 is 43.3 Å². The summed E-state index contributed by atoms with van der Waals surface area (Å²) in [6.07, 6.45) is 16.2. The van der Waals surface area contributed by atoms with E-state index in [1.165, 1.54) is 69.0 Å². The van der Waals surface area contributed by atoms with Gasteiger partial charge in [-0.1, -0.05) is 400 Å². The van der Waals surface area contributed by atoms with Crippen molar-refractivity contribution in [1.29, 1.82) is 0 Å². The predicted octanol–water partition coefficient (Wildman–Crippen LogP) is 20.2. The molecule has 0 aliphatic heterocycles. The molecule has 0 spiro atoms. The van der Waals surface area contributed by atoms with Crippen LogP contribution in [0.5, 0.6) is 0 Å². The minimum absolute atomic E-state index is 0. The monoisotopic (exact) mass is 1700 g/mol. The molecule has 0 saturated carbocycles. The summed E-state index contributed by atoms with van der Waals surface area (Å²) in [5.41, 5.74) is 8.28. The molecule has 117 heavy (non-hydrogen) atoms. The van der Waals surface area contributed by atoms with Crippen molar-refractivity contribution in [3.8, 4) is 34.0 Å². The number of aromatic nitrogens is 9. The first-order valence-corrected chi connectivity index (χ1v) is 43.8. The Morgan fingerprint density at radius 2 is 0.521 bits per heavy atom. The summed E-state index contributed by atoms with van der Waals surface area (Å²) < 4.78 is 3.92. The third-order valence-corrected chi connectivity index (χ3v) is 28.6. The van der Waals surface area contributed by atoms with Crippen molar-refractivity contribution in [3.05, 3.63) is 486 Å². The molecule has 0 atom stereocenters. The number of imidazole rings is 2. The minimum Gasteiger partial charge on any atom is -0.361 e. The van der Waals surface area contributed by atoms with Crippen molar-refractivity contribution in [2.45, 2.75) is 0 Å². The molecular formula is C102H80ClN9P4Pd. The molecule has 0 fully saturated rings. The molecule has 570 valence electrons. The van der Waals surface area contributed by atoms with Gasteiger partial charge in [0.05, 0.1) is 53.3 Å². The summed E-state index contributed by atoms with van der Waals surface area (Å²) in [5.74, 6) is 0. The first kappa shape index (κ1) is 81.2. The maximum absolute atomic E-state index is 5.86. The Balaban J connectivity index is 0.000000116. The van der Waals surface area contributed by atoms with Crippen molar-refractivity contribution in [2.75, 3.05) is 0 Å². The van der Waals surface area contributed by atoms with Gasteiger partial charge in [-0.15, -0.1) is 0 Å². The number of rotatable bonds is 15. The van der Waals surface area contributed by atoms with E-state index in [1.807, 2.05) is 63.9 Å². The van der Waals surface area contributed by atoms with Crippen LogP contribution < -0.4 is 63.7 Å². The minimum atomic E-state index is -0.446. The van der Waals surface area contributed by atoms with Gasteiger partial charge in [-0.25, -0.2) is 19.9 Å². The second kappa shape index (κ2) is 42.3. The topological polar surface area (TPSA) is 102 Å². The van der Waals surface area contributed by atoms with Crippen LogP contribution in [0.1, 0.15) is 0 Å². The van der Waals surface area contributed by atoms with Gasteiger partial charge in [-0.05, 0) is 137 Å². The van der Waals surface area contributed by atoms with Crippen molar-refractivity contribution >= 4 is 129 Å². The average molecular weight is 1700 g/mol. The van der Waals surface area contributed by atoms with Crippen molar-refractivity contribution in [2.24, 2.45) is 0 Å². The summed E-state index contributed by atoms with van der Waals surface area (Å²) in [4.78, 5) is 29.1.